The second kappa shape index (κ2) is 6.66. The molecule has 20 heavy (non-hydrogen) atoms. The van der Waals surface area contributed by atoms with E-state index in [1.54, 1.807) is 12.1 Å². The van der Waals surface area contributed by atoms with Crippen LogP contribution in [0.1, 0.15) is 23.2 Å². The lowest BCUT2D eigenvalue weighted by Crippen LogP contribution is -2.47. The van der Waals surface area contributed by atoms with Gasteiger partial charge in [0.15, 0.2) is 0 Å². The molecule has 2 rings (SSSR count). The number of amides is 1. The fraction of sp³-hybridized carbons (Fsp3) is 0.500. The lowest BCUT2D eigenvalue weighted by atomic mass is 10.0. The summed E-state index contributed by atoms with van der Waals surface area (Å²) < 4.78 is 5.24. The molecular weight excluding hydrogens is 299 g/mol. The van der Waals surface area contributed by atoms with Crippen LogP contribution in [0, 0.1) is 0 Å². The van der Waals surface area contributed by atoms with Crippen LogP contribution >= 0.6 is 23.2 Å². The molecule has 1 aliphatic heterocycles. The van der Waals surface area contributed by atoms with E-state index in [2.05, 4.69) is 5.32 Å². The highest BCUT2D eigenvalue weighted by Gasteiger charge is 2.26. The molecule has 0 saturated carbocycles. The normalized spacial score (nSPS) is 19.0. The van der Waals surface area contributed by atoms with E-state index in [-0.39, 0.29) is 5.91 Å². The SMILES string of the molecule is CNC1CCCN(C(=O)c2cc(Cl)c(Cl)cc2OC)C1. The number of likely N-dealkylation sites (N-methyl/N-ethyl adjacent to an activating group) is 1. The van der Waals surface area contributed by atoms with Crippen molar-refractivity contribution < 1.29 is 9.53 Å². The molecule has 1 heterocycles. The Morgan fingerprint density at radius 2 is 2.10 bits per heavy atom. The number of rotatable bonds is 3. The summed E-state index contributed by atoms with van der Waals surface area (Å²) in [7, 11) is 3.43. The molecule has 1 aromatic carbocycles. The van der Waals surface area contributed by atoms with E-state index in [9.17, 15) is 4.79 Å². The molecule has 1 fully saturated rings. The minimum Gasteiger partial charge on any atom is -0.496 e. The third kappa shape index (κ3) is 3.19. The first-order chi connectivity index (χ1) is 9.56. The van der Waals surface area contributed by atoms with E-state index < -0.39 is 0 Å². The molecule has 1 aliphatic rings. The number of benzene rings is 1. The van der Waals surface area contributed by atoms with Gasteiger partial charge in [-0.15, -0.1) is 0 Å². The van der Waals surface area contributed by atoms with Crippen molar-refractivity contribution in [3.8, 4) is 5.75 Å². The van der Waals surface area contributed by atoms with Crippen LogP contribution in [-0.4, -0.2) is 44.1 Å². The lowest BCUT2D eigenvalue weighted by Gasteiger charge is -2.33. The molecule has 1 unspecified atom stereocenters. The second-order valence-electron chi connectivity index (χ2n) is 4.85. The number of halogens is 2. The van der Waals surface area contributed by atoms with Crippen LogP contribution in [0.4, 0.5) is 0 Å². The Morgan fingerprint density at radius 1 is 1.40 bits per heavy atom. The van der Waals surface area contributed by atoms with Crippen molar-refractivity contribution in [2.75, 3.05) is 27.2 Å². The first kappa shape index (κ1) is 15.4. The monoisotopic (exact) mass is 316 g/mol. The third-order valence-corrected chi connectivity index (χ3v) is 4.31. The summed E-state index contributed by atoms with van der Waals surface area (Å²) in [4.78, 5) is 14.4. The number of methoxy groups -OCH3 is 1. The zero-order valence-corrected chi connectivity index (χ0v) is 13.1. The Balaban J connectivity index is 2.26. The molecule has 1 N–H and O–H groups in total. The molecule has 4 nitrogen and oxygen atoms in total. The van der Waals surface area contributed by atoms with Crippen LogP contribution < -0.4 is 10.1 Å². The van der Waals surface area contributed by atoms with Crippen LogP contribution in [-0.2, 0) is 0 Å². The van der Waals surface area contributed by atoms with Crippen LogP contribution in [0.2, 0.25) is 10.0 Å². The summed E-state index contributed by atoms with van der Waals surface area (Å²) in [5.74, 6) is 0.386. The summed E-state index contributed by atoms with van der Waals surface area (Å²) in [6, 6.07) is 3.49. The number of hydrogen-bond acceptors (Lipinski definition) is 3. The largest absolute Gasteiger partial charge is 0.496 e. The molecule has 1 amide bonds. The van der Waals surface area contributed by atoms with E-state index >= 15 is 0 Å². The Kier molecular flexibility index (Phi) is 5.13. The summed E-state index contributed by atoms with van der Waals surface area (Å²) in [6.07, 6.45) is 2.07. The first-order valence-electron chi connectivity index (χ1n) is 6.56. The molecule has 0 spiro atoms. The van der Waals surface area contributed by atoms with Gasteiger partial charge in [-0.05, 0) is 26.0 Å². The van der Waals surface area contributed by atoms with Crippen molar-refractivity contribution in [1.29, 1.82) is 0 Å². The molecule has 0 aliphatic carbocycles. The number of piperidine rings is 1. The highest BCUT2D eigenvalue weighted by atomic mass is 35.5. The molecule has 1 saturated heterocycles. The smallest absolute Gasteiger partial charge is 0.257 e. The minimum atomic E-state index is -0.0691. The molecule has 6 heteroatoms. The summed E-state index contributed by atoms with van der Waals surface area (Å²) in [5, 5.41) is 3.96. The van der Waals surface area contributed by atoms with Gasteiger partial charge in [0.25, 0.3) is 5.91 Å². The average Bonchev–Trinajstić information content (AvgIpc) is 2.48. The van der Waals surface area contributed by atoms with Gasteiger partial charge < -0.3 is 15.0 Å². The number of likely N-dealkylation sites (tertiary alicyclic amines) is 1. The van der Waals surface area contributed by atoms with Crippen molar-refractivity contribution in [1.82, 2.24) is 10.2 Å². The fourth-order valence-corrected chi connectivity index (χ4v) is 2.75. The second-order valence-corrected chi connectivity index (χ2v) is 5.66. The maximum Gasteiger partial charge on any atom is 0.257 e. The molecule has 0 radical (unpaired) electrons. The van der Waals surface area contributed by atoms with E-state index in [4.69, 9.17) is 27.9 Å². The number of nitrogens with one attached hydrogen (secondary N) is 1. The number of carbonyl (C=O) groups is 1. The molecular formula is C14H18Cl2N2O2. The van der Waals surface area contributed by atoms with Gasteiger partial charge in [-0.2, -0.15) is 0 Å². The van der Waals surface area contributed by atoms with Gasteiger partial charge in [0.2, 0.25) is 0 Å². The van der Waals surface area contributed by atoms with Crippen LogP contribution in [0.25, 0.3) is 0 Å². The van der Waals surface area contributed by atoms with E-state index in [0.717, 1.165) is 19.4 Å². The fourth-order valence-electron chi connectivity index (χ4n) is 2.43. The number of carbonyl (C=O) groups excluding carboxylic acids is 1. The highest BCUT2D eigenvalue weighted by molar-refractivity contribution is 6.42. The molecule has 1 atom stereocenters. The number of hydrogen-bond donors (Lipinski definition) is 1. The highest BCUT2D eigenvalue weighted by Crippen LogP contribution is 2.31. The lowest BCUT2D eigenvalue weighted by molar-refractivity contribution is 0.0695. The van der Waals surface area contributed by atoms with Crippen LogP contribution in [0.3, 0.4) is 0 Å². The van der Waals surface area contributed by atoms with Gasteiger partial charge >= 0.3 is 0 Å². The Morgan fingerprint density at radius 3 is 2.75 bits per heavy atom. The molecule has 110 valence electrons. The summed E-state index contributed by atoms with van der Waals surface area (Å²) in [5.41, 5.74) is 0.457. The van der Waals surface area contributed by atoms with Gasteiger partial charge in [0.05, 0.1) is 22.7 Å². The molecule has 1 aromatic rings. The van der Waals surface area contributed by atoms with Crippen molar-refractivity contribution in [2.24, 2.45) is 0 Å². The maximum absolute atomic E-state index is 12.6. The van der Waals surface area contributed by atoms with Crippen molar-refractivity contribution in [3.63, 3.8) is 0 Å². The van der Waals surface area contributed by atoms with Crippen LogP contribution in [0.5, 0.6) is 5.75 Å². The zero-order chi connectivity index (χ0) is 14.7. The zero-order valence-electron chi connectivity index (χ0n) is 11.6. The predicted octanol–water partition coefficient (Wildman–Crippen LogP) is 2.83. The van der Waals surface area contributed by atoms with Crippen molar-refractivity contribution in [3.05, 3.63) is 27.7 Å². The molecule has 0 bridgehead atoms. The van der Waals surface area contributed by atoms with Gasteiger partial charge in [0.1, 0.15) is 5.75 Å². The number of ether oxygens (including phenoxy) is 1. The Bertz CT molecular complexity index is 508. The first-order valence-corrected chi connectivity index (χ1v) is 7.32. The standard InChI is InChI=1S/C14H18Cl2N2O2/c1-17-9-4-3-5-18(8-9)14(19)10-6-11(15)12(16)7-13(10)20-2/h6-7,9,17H,3-5,8H2,1-2H3. The Hall–Kier alpha value is -0.970. The van der Waals surface area contributed by atoms with Crippen LogP contribution in [0.15, 0.2) is 12.1 Å². The van der Waals surface area contributed by atoms with Crippen molar-refractivity contribution >= 4 is 29.1 Å². The van der Waals surface area contributed by atoms with Gasteiger partial charge in [-0.3, -0.25) is 4.79 Å². The average molecular weight is 317 g/mol. The van der Waals surface area contributed by atoms with Crippen molar-refractivity contribution in [2.45, 2.75) is 18.9 Å². The number of nitrogens with zero attached hydrogens (tertiary/aromatic N) is 1. The van der Waals surface area contributed by atoms with Gasteiger partial charge in [-0.25, -0.2) is 0 Å². The van der Waals surface area contributed by atoms with Gasteiger partial charge in [0, 0.05) is 25.2 Å². The van der Waals surface area contributed by atoms with E-state index in [1.807, 2.05) is 11.9 Å². The topological polar surface area (TPSA) is 41.6 Å². The third-order valence-electron chi connectivity index (χ3n) is 3.59. The quantitative estimate of drug-likeness (QED) is 0.932. The van der Waals surface area contributed by atoms with E-state index in [1.165, 1.54) is 7.11 Å². The minimum absolute atomic E-state index is 0.0691. The molecule has 0 aromatic heterocycles. The maximum atomic E-state index is 12.6. The predicted molar refractivity (Wildman–Crippen MR) is 81.0 cm³/mol. The van der Waals surface area contributed by atoms with E-state index in [0.29, 0.717) is 33.9 Å². The Labute approximate surface area is 129 Å². The summed E-state index contributed by atoms with van der Waals surface area (Å²) >= 11 is 12.0. The summed E-state index contributed by atoms with van der Waals surface area (Å²) in [6.45, 7) is 1.44. The van der Waals surface area contributed by atoms with Gasteiger partial charge in [-0.1, -0.05) is 23.2 Å².